The lowest BCUT2D eigenvalue weighted by Crippen LogP contribution is -1.96. The van der Waals surface area contributed by atoms with E-state index in [-0.39, 0.29) is 5.78 Å². The van der Waals surface area contributed by atoms with Gasteiger partial charge in [0, 0.05) is 5.56 Å². The highest BCUT2D eigenvalue weighted by Crippen LogP contribution is 2.27. The minimum absolute atomic E-state index is 0.124. The summed E-state index contributed by atoms with van der Waals surface area (Å²) in [6, 6.07) is 17.3. The van der Waals surface area contributed by atoms with Crippen molar-refractivity contribution in [2.45, 2.75) is 0 Å². The number of carbonyl (C=O) groups is 1. The maximum absolute atomic E-state index is 12.1. The zero-order valence-corrected chi connectivity index (χ0v) is 10.2. The Morgan fingerprint density at radius 3 is 2.63 bits per heavy atom. The van der Waals surface area contributed by atoms with Crippen LogP contribution in [-0.2, 0) is 0 Å². The first kappa shape index (κ1) is 11.5. The van der Waals surface area contributed by atoms with Gasteiger partial charge in [-0.3, -0.25) is 4.79 Å². The van der Waals surface area contributed by atoms with E-state index in [2.05, 4.69) is 0 Å². The van der Waals surface area contributed by atoms with Gasteiger partial charge in [-0.2, -0.15) is 0 Å². The standard InChI is InChI=1S/C17H12O2/c18-16(10-9-13-5-2-1-3-6-13)17-15-8-4-7-14(15)11-12-19-17/h1-12H. The number of hydrogen-bond acceptors (Lipinski definition) is 2. The summed E-state index contributed by atoms with van der Waals surface area (Å²) in [7, 11) is 0. The van der Waals surface area contributed by atoms with Crippen LogP contribution < -0.4 is 0 Å². The van der Waals surface area contributed by atoms with Crippen molar-refractivity contribution >= 4 is 11.9 Å². The Balaban J connectivity index is 1.89. The normalized spacial score (nSPS) is 11.2. The third kappa shape index (κ3) is 2.33. The van der Waals surface area contributed by atoms with Gasteiger partial charge in [-0.05, 0) is 23.3 Å². The molecule has 0 atom stereocenters. The van der Waals surface area contributed by atoms with Crippen LogP contribution in [-0.4, -0.2) is 5.78 Å². The van der Waals surface area contributed by atoms with Gasteiger partial charge >= 0.3 is 0 Å². The smallest absolute Gasteiger partial charge is 0.221 e. The third-order valence-electron chi connectivity index (χ3n) is 2.98. The number of carbonyl (C=O) groups excluding carboxylic acids is 1. The summed E-state index contributed by atoms with van der Waals surface area (Å²) in [5.74, 6) is 0.260. The number of allylic oxidation sites excluding steroid dienone is 1. The lowest BCUT2D eigenvalue weighted by molar-refractivity contribution is 0.102. The highest BCUT2D eigenvalue weighted by Gasteiger charge is 2.14. The minimum Gasteiger partial charge on any atom is -0.460 e. The molecule has 19 heavy (non-hydrogen) atoms. The van der Waals surface area contributed by atoms with Crippen LogP contribution in [0.3, 0.4) is 0 Å². The lowest BCUT2D eigenvalue weighted by atomic mass is 10.1. The molecule has 1 aliphatic heterocycles. The maximum atomic E-state index is 12.1. The first-order valence-corrected chi connectivity index (χ1v) is 6.08. The third-order valence-corrected chi connectivity index (χ3v) is 2.98. The van der Waals surface area contributed by atoms with E-state index >= 15 is 0 Å². The van der Waals surface area contributed by atoms with Gasteiger partial charge in [0.25, 0.3) is 0 Å². The molecule has 0 amide bonds. The highest BCUT2D eigenvalue weighted by molar-refractivity contribution is 6.09. The molecule has 2 nitrogen and oxygen atoms in total. The van der Waals surface area contributed by atoms with Gasteiger partial charge in [0.15, 0.2) is 5.76 Å². The molecule has 0 aromatic heterocycles. The average Bonchev–Trinajstić information content (AvgIpc) is 2.94. The molecule has 1 aromatic carbocycles. The van der Waals surface area contributed by atoms with Crippen LogP contribution in [0.15, 0.2) is 71.4 Å². The Kier molecular flexibility index (Phi) is 2.99. The largest absolute Gasteiger partial charge is 0.460 e. The highest BCUT2D eigenvalue weighted by atomic mass is 16.3. The van der Waals surface area contributed by atoms with E-state index in [0.29, 0.717) is 5.76 Å². The average molecular weight is 248 g/mol. The number of hydrogen-bond donors (Lipinski definition) is 0. The summed E-state index contributed by atoms with van der Waals surface area (Å²) in [5.41, 5.74) is 2.86. The molecule has 0 spiro atoms. The van der Waals surface area contributed by atoms with Gasteiger partial charge < -0.3 is 4.42 Å². The molecular formula is C17H12O2. The molecule has 92 valence electrons. The molecule has 1 aliphatic carbocycles. The fourth-order valence-corrected chi connectivity index (χ4v) is 2.03. The maximum Gasteiger partial charge on any atom is 0.221 e. The van der Waals surface area contributed by atoms with E-state index in [1.807, 2.05) is 54.6 Å². The molecular weight excluding hydrogens is 236 g/mol. The Morgan fingerprint density at radius 1 is 0.947 bits per heavy atom. The molecule has 0 saturated heterocycles. The van der Waals surface area contributed by atoms with Gasteiger partial charge in [-0.25, -0.2) is 0 Å². The van der Waals surface area contributed by atoms with Crippen LogP contribution in [0, 0.1) is 0 Å². The molecule has 1 heterocycles. The fraction of sp³-hybridized carbons (Fsp3) is 0. The summed E-state index contributed by atoms with van der Waals surface area (Å²) in [6.45, 7) is 0. The summed E-state index contributed by atoms with van der Waals surface area (Å²) in [5, 5.41) is 0. The second-order valence-corrected chi connectivity index (χ2v) is 4.25. The monoisotopic (exact) mass is 248 g/mol. The number of rotatable bonds is 3. The Morgan fingerprint density at radius 2 is 1.79 bits per heavy atom. The first-order valence-electron chi connectivity index (χ1n) is 6.08. The topological polar surface area (TPSA) is 30.2 Å². The quantitative estimate of drug-likeness (QED) is 0.511. The zero-order valence-electron chi connectivity index (χ0n) is 10.2. The van der Waals surface area contributed by atoms with E-state index in [4.69, 9.17) is 4.42 Å². The van der Waals surface area contributed by atoms with E-state index in [0.717, 1.165) is 16.7 Å². The van der Waals surface area contributed by atoms with Gasteiger partial charge in [0.1, 0.15) is 0 Å². The van der Waals surface area contributed by atoms with Crippen LogP contribution in [0.2, 0.25) is 0 Å². The van der Waals surface area contributed by atoms with E-state index in [1.54, 1.807) is 18.4 Å². The summed E-state index contributed by atoms with van der Waals surface area (Å²) < 4.78 is 5.35. The van der Waals surface area contributed by atoms with Crippen molar-refractivity contribution in [3.8, 4) is 11.1 Å². The Bertz CT molecular complexity index is 692. The summed E-state index contributed by atoms with van der Waals surface area (Å²) in [4.78, 5) is 12.1. The van der Waals surface area contributed by atoms with Crippen LogP contribution >= 0.6 is 0 Å². The van der Waals surface area contributed by atoms with Gasteiger partial charge in [0.05, 0.1) is 6.26 Å². The minimum atomic E-state index is -0.124. The van der Waals surface area contributed by atoms with Crippen molar-refractivity contribution in [2.24, 2.45) is 0 Å². The second kappa shape index (κ2) is 4.94. The van der Waals surface area contributed by atoms with Crippen LogP contribution in [0.25, 0.3) is 17.2 Å². The molecule has 0 saturated carbocycles. The molecule has 0 unspecified atom stereocenters. The Hall–Kier alpha value is -2.61. The van der Waals surface area contributed by atoms with Gasteiger partial charge in [0.2, 0.25) is 5.78 Å². The van der Waals surface area contributed by atoms with Crippen molar-refractivity contribution < 1.29 is 9.21 Å². The second-order valence-electron chi connectivity index (χ2n) is 4.25. The number of ketones is 1. The predicted molar refractivity (Wildman–Crippen MR) is 75.1 cm³/mol. The molecule has 3 rings (SSSR count). The van der Waals surface area contributed by atoms with Gasteiger partial charge in [-0.1, -0.05) is 54.6 Å². The van der Waals surface area contributed by atoms with Crippen molar-refractivity contribution in [2.75, 3.05) is 0 Å². The lowest BCUT2D eigenvalue weighted by Gasteiger charge is -2.02. The number of benzene rings is 1. The fourth-order valence-electron chi connectivity index (χ4n) is 2.03. The van der Waals surface area contributed by atoms with Crippen molar-refractivity contribution in [1.29, 1.82) is 0 Å². The van der Waals surface area contributed by atoms with Crippen LogP contribution in [0.1, 0.15) is 16.1 Å². The van der Waals surface area contributed by atoms with E-state index in [1.165, 1.54) is 0 Å². The summed E-state index contributed by atoms with van der Waals surface area (Å²) >= 11 is 0. The molecule has 0 radical (unpaired) electrons. The zero-order chi connectivity index (χ0) is 13.1. The van der Waals surface area contributed by atoms with Crippen molar-refractivity contribution in [3.63, 3.8) is 0 Å². The first-order chi connectivity index (χ1) is 9.34. The Labute approximate surface area is 111 Å². The molecule has 2 aliphatic rings. The molecule has 0 bridgehead atoms. The molecule has 0 fully saturated rings. The molecule has 2 heteroatoms. The molecule has 0 N–H and O–H groups in total. The number of fused-ring (bicyclic) bond motifs is 1. The SMILES string of the molecule is O=C(C=Cc1ccccc1)c1occc2cccc1-2. The van der Waals surface area contributed by atoms with E-state index in [9.17, 15) is 4.79 Å². The van der Waals surface area contributed by atoms with Crippen LogP contribution in [0.5, 0.6) is 0 Å². The van der Waals surface area contributed by atoms with Gasteiger partial charge in [-0.15, -0.1) is 0 Å². The van der Waals surface area contributed by atoms with Crippen molar-refractivity contribution in [1.82, 2.24) is 0 Å². The summed E-state index contributed by atoms with van der Waals surface area (Å²) in [6.07, 6.45) is 4.88. The molecule has 1 aromatic rings. The van der Waals surface area contributed by atoms with E-state index < -0.39 is 0 Å². The van der Waals surface area contributed by atoms with Crippen LogP contribution in [0.4, 0.5) is 0 Å². The predicted octanol–water partition coefficient (Wildman–Crippen LogP) is 4.28. The van der Waals surface area contributed by atoms with Crippen molar-refractivity contribution in [3.05, 3.63) is 78.3 Å².